The predicted molar refractivity (Wildman–Crippen MR) is 119 cm³/mol. The molecule has 0 unspecified atom stereocenters. The summed E-state index contributed by atoms with van der Waals surface area (Å²) in [6.07, 6.45) is 1.97. The highest BCUT2D eigenvalue weighted by Crippen LogP contribution is 2.16. The van der Waals surface area contributed by atoms with E-state index in [1.165, 1.54) is 12.1 Å². The van der Waals surface area contributed by atoms with Gasteiger partial charge in [0.25, 0.3) is 0 Å². The largest absolute Gasteiger partial charge is 0.355 e. The van der Waals surface area contributed by atoms with Crippen LogP contribution in [0.1, 0.15) is 16.7 Å². The molecule has 29 heavy (non-hydrogen) atoms. The molecule has 2 rings (SSSR count). The molecule has 0 aliphatic rings. The van der Waals surface area contributed by atoms with Crippen LogP contribution in [0.25, 0.3) is 0 Å². The molecule has 0 fully saturated rings. The quantitative estimate of drug-likeness (QED) is 0.392. The van der Waals surface area contributed by atoms with Gasteiger partial charge in [-0.25, -0.2) is 17.5 Å². The van der Waals surface area contributed by atoms with Crippen LogP contribution in [-0.2, 0) is 28.9 Å². The summed E-state index contributed by atoms with van der Waals surface area (Å²) in [5.41, 5.74) is 2.80. The fraction of sp³-hybridized carbons (Fsp3) is 0.350. The second kappa shape index (κ2) is 11.8. The topological polar surface area (TPSA) is 82.6 Å². The maximum atomic E-state index is 13.5. The molecule has 9 heteroatoms. The maximum Gasteiger partial charge on any atom is 0.213 e. The summed E-state index contributed by atoms with van der Waals surface area (Å²) in [5.74, 6) is 0.872. The summed E-state index contributed by atoms with van der Waals surface area (Å²) in [6.45, 7) is 0.943. The van der Waals surface area contributed by atoms with Crippen molar-refractivity contribution in [2.24, 2.45) is 4.99 Å². The second-order valence-corrected chi connectivity index (χ2v) is 9.12. The first-order chi connectivity index (χ1) is 13.9. The van der Waals surface area contributed by atoms with E-state index in [0.29, 0.717) is 18.3 Å². The standard InChI is InChI=1S/C20H27FN4O2S2/c1-22-20(24-14-17-8-9-19(21)12-18(17)15-28-2)23-10-11-29(26,27)25-13-16-6-4-3-5-7-16/h3-9,12,25H,10-11,13-15H2,1-2H3,(H2,22,23,24). The molecule has 0 aliphatic carbocycles. The number of rotatable bonds is 10. The number of nitrogens with zero attached hydrogens (tertiary/aromatic N) is 1. The van der Waals surface area contributed by atoms with E-state index in [0.717, 1.165) is 16.7 Å². The molecule has 2 aromatic rings. The third-order valence-corrected chi connectivity index (χ3v) is 6.07. The SMILES string of the molecule is CN=C(NCCS(=O)(=O)NCc1ccccc1)NCc1ccc(F)cc1CSC. The minimum Gasteiger partial charge on any atom is -0.355 e. The molecule has 6 nitrogen and oxygen atoms in total. The lowest BCUT2D eigenvalue weighted by atomic mass is 10.1. The molecule has 0 spiro atoms. The van der Waals surface area contributed by atoms with Crippen molar-refractivity contribution in [3.8, 4) is 0 Å². The Hall–Kier alpha value is -2.10. The van der Waals surface area contributed by atoms with Crippen molar-refractivity contribution in [2.75, 3.05) is 25.6 Å². The summed E-state index contributed by atoms with van der Waals surface area (Å²) >= 11 is 1.62. The Labute approximate surface area is 176 Å². The highest BCUT2D eigenvalue weighted by Gasteiger charge is 2.11. The monoisotopic (exact) mass is 438 g/mol. The average Bonchev–Trinajstić information content (AvgIpc) is 2.71. The Kier molecular flexibility index (Phi) is 9.43. The van der Waals surface area contributed by atoms with Gasteiger partial charge in [0.1, 0.15) is 5.82 Å². The van der Waals surface area contributed by atoms with E-state index in [9.17, 15) is 12.8 Å². The van der Waals surface area contributed by atoms with Crippen LogP contribution in [0.4, 0.5) is 4.39 Å². The van der Waals surface area contributed by atoms with Gasteiger partial charge in [0.2, 0.25) is 10.0 Å². The summed E-state index contributed by atoms with van der Waals surface area (Å²) in [6, 6.07) is 14.1. The van der Waals surface area contributed by atoms with Gasteiger partial charge in [-0.15, -0.1) is 0 Å². The molecule has 0 bridgehead atoms. The first kappa shape index (κ1) is 23.2. The molecule has 2 aromatic carbocycles. The van der Waals surface area contributed by atoms with E-state index in [2.05, 4.69) is 20.3 Å². The summed E-state index contributed by atoms with van der Waals surface area (Å²) < 4.78 is 40.3. The van der Waals surface area contributed by atoms with Gasteiger partial charge in [0.05, 0.1) is 5.75 Å². The van der Waals surface area contributed by atoms with Gasteiger partial charge in [-0.05, 0) is 35.1 Å². The lowest BCUT2D eigenvalue weighted by molar-refractivity contribution is 0.580. The van der Waals surface area contributed by atoms with Crippen LogP contribution in [-0.4, -0.2) is 40.0 Å². The summed E-state index contributed by atoms with van der Waals surface area (Å²) in [7, 11) is -1.79. The van der Waals surface area contributed by atoms with Gasteiger partial charge in [-0.2, -0.15) is 11.8 Å². The fourth-order valence-corrected chi connectivity index (χ4v) is 4.10. The molecule has 0 aliphatic heterocycles. The van der Waals surface area contributed by atoms with Crippen LogP contribution >= 0.6 is 11.8 Å². The number of aliphatic imine (C=N–C) groups is 1. The minimum absolute atomic E-state index is 0.0746. The lowest BCUT2D eigenvalue weighted by Gasteiger charge is -2.14. The van der Waals surface area contributed by atoms with Crippen LogP contribution in [0, 0.1) is 5.82 Å². The fourth-order valence-electron chi connectivity index (χ4n) is 2.62. The van der Waals surface area contributed by atoms with E-state index in [1.807, 2.05) is 36.6 Å². The molecular formula is C20H27FN4O2S2. The smallest absolute Gasteiger partial charge is 0.213 e. The van der Waals surface area contributed by atoms with Crippen molar-refractivity contribution in [2.45, 2.75) is 18.8 Å². The van der Waals surface area contributed by atoms with Crippen LogP contribution in [0.3, 0.4) is 0 Å². The summed E-state index contributed by atoms with van der Waals surface area (Å²) in [5, 5.41) is 6.14. The normalized spacial score (nSPS) is 12.0. The van der Waals surface area contributed by atoms with Gasteiger partial charge in [0, 0.05) is 32.4 Å². The maximum absolute atomic E-state index is 13.5. The van der Waals surface area contributed by atoms with E-state index in [4.69, 9.17) is 0 Å². The number of hydrogen-bond acceptors (Lipinski definition) is 4. The van der Waals surface area contributed by atoms with Crippen molar-refractivity contribution < 1.29 is 12.8 Å². The number of nitrogens with one attached hydrogen (secondary N) is 3. The zero-order chi connectivity index (χ0) is 21.1. The van der Waals surface area contributed by atoms with Gasteiger partial charge in [-0.3, -0.25) is 4.99 Å². The third kappa shape index (κ3) is 8.43. The predicted octanol–water partition coefficient (Wildman–Crippen LogP) is 2.47. The minimum atomic E-state index is -3.41. The molecule has 0 radical (unpaired) electrons. The highest BCUT2D eigenvalue weighted by atomic mass is 32.2. The van der Waals surface area contributed by atoms with Gasteiger partial charge in [-0.1, -0.05) is 36.4 Å². The van der Waals surface area contributed by atoms with E-state index in [-0.39, 0.29) is 24.7 Å². The van der Waals surface area contributed by atoms with Crippen LogP contribution in [0.2, 0.25) is 0 Å². The summed E-state index contributed by atoms with van der Waals surface area (Å²) in [4.78, 5) is 4.11. The van der Waals surface area contributed by atoms with E-state index in [1.54, 1.807) is 24.9 Å². The Morgan fingerprint density at radius 3 is 2.52 bits per heavy atom. The molecule has 0 saturated heterocycles. The number of benzene rings is 2. The second-order valence-electron chi connectivity index (χ2n) is 6.32. The van der Waals surface area contributed by atoms with Gasteiger partial charge < -0.3 is 10.6 Å². The zero-order valence-electron chi connectivity index (χ0n) is 16.6. The van der Waals surface area contributed by atoms with Gasteiger partial charge in [0.15, 0.2) is 5.96 Å². The van der Waals surface area contributed by atoms with Crippen LogP contribution in [0.15, 0.2) is 53.5 Å². The third-order valence-electron chi connectivity index (χ3n) is 4.14. The molecule has 158 valence electrons. The van der Waals surface area contributed by atoms with E-state index < -0.39 is 10.0 Å². The Balaban J connectivity index is 1.80. The highest BCUT2D eigenvalue weighted by molar-refractivity contribution is 7.97. The lowest BCUT2D eigenvalue weighted by Crippen LogP contribution is -2.40. The molecule has 3 N–H and O–H groups in total. The van der Waals surface area contributed by atoms with Crippen molar-refractivity contribution in [1.29, 1.82) is 0 Å². The number of sulfonamides is 1. The molecule has 0 aromatic heterocycles. The Bertz CT molecular complexity index is 906. The number of thioether (sulfide) groups is 1. The first-order valence-electron chi connectivity index (χ1n) is 9.15. The molecule has 0 atom stereocenters. The Morgan fingerprint density at radius 2 is 1.83 bits per heavy atom. The van der Waals surface area contributed by atoms with Crippen LogP contribution in [0.5, 0.6) is 0 Å². The zero-order valence-corrected chi connectivity index (χ0v) is 18.2. The van der Waals surface area contributed by atoms with Crippen molar-refractivity contribution >= 4 is 27.7 Å². The molecular weight excluding hydrogens is 411 g/mol. The Morgan fingerprint density at radius 1 is 1.07 bits per heavy atom. The molecule has 0 heterocycles. The molecule has 0 amide bonds. The van der Waals surface area contributed by atoms with Crippen molar-refractivity contribution in [1.82, 2.24) is 15.4 Å². The number of guanidine groups is 1. The van der Waals surface area contributed by atoms with Crippen molar-refractivity contribution in [3.05, 3.63) is 71.0 Å². The average molecular weight is 439 g/mol. The number of halogens is 1. The van der Waals surface area contributed by atoms with Gasteiger partial charge >= 0.3 is 0 Å². The van der Waals surface area contributed by atoms with Crippen molar-refractivity contribution in [3.63, 3.8) is 0 Å². The molecule has 0 saturated carbocycles. The first-order valence-corrected chi connectivity index (χ1v) is 12.2. The number of hydrogen-bond donors (Lipinski definition) is 3. The van der Waals surface area contributed by atoms with E-state index >= 15 is 0 Å². The van der Waals surface area contributed by atoms with Crippen LogP contribution < -0.4 is 15.4 Å².